The number of fused-ring (bicyclic) bond motifs is 1. The van der Waals surface area contributed by atoms with E-state index in [1.165, 1.54) is 4.58 Å². The molecule has 28 heavy (non-hydrogen) atoms. The fraction of sp³-hybridized carbons (Fsp3) is 0.0909. The molecule has 2 aromatic rings. The maximum Gasteiger partial charge on any atom is 0.506 e. The van der Waals surface area contributed by atoms with Crippen molar-refractivity contribution in [2.45, 2.75) is 6.04 Å². The first-order valence-corrected chi connectivity index (χ1v) is 8.99. The molecule has 0 aliphatic carbocycles. The van der Waals surface area contributed by atoms with E-state index < -0.39 is 18.0 Å². The van der Waals surface area contributed by atoms with Crippen molar-refractivity contribution < 1.29 is 14.2 Å². The highest BCUT2D eigenvalue weighted by Crippen LogP contribution is 2.30. The van der Waals surface area contributed by atoms with E-state index in [1.807, 2.05) is 30.3 Å². The van der Waals surface area contributed by atoms with Crippen molar-refractivity contribution in [1.29, 1.82) is 0 Å². The van der Waals surface area contributed by atoms with Gasteiger partial charge in [-0.05, 0) is 42.5 Å². The molecule has 0 N–H and O–H groups in total. The molecule has 6 heteroatoms. The minimum atomic E-state index is -0.749. The van der Waals surface area contributed by atoms with Gasteiger partial charge in [-0.3, -0.25) is 4.99 Å². The third-order valence-electron chi connectivity index (χ3n) is 4.50. The summed E-state index contributed by atoms with van der Waals surface area (Å²) < 4.78 is 1.42. The Kier molecular flexibility index (Phi) is 4.64. The summed E-state index contributed by atoms with van der Waals surface area (Å²) in [4.78, 5) is 30.9. The third-order valence-corrected chi connectivity index (χ3v) is 4.80. The molecule has 1 atom stereocenters. The number of imide groups is 1. The summed E-state index contributed by atoms with van der Waals surface area (Å²) in [5.41, 5.74) is 2.44. The highest BCUT2D eigenvalue weighted by molar-refractivity contribution is 6.36. The van der Waals surface area contributed by atoms with Crippen LogP contribution in [0.15, 0.2) is 65.7 Å². The Labute approximate surface area is 167 Å². The molecule has 0 fully saturated rings. The summed E-state index contributed by atoms with van der Waals surface area (Å²) in [6.07, 6.45) is 4.97. The van der Waals surface area contributed by atoms with Crippen LogP contribution in [0.3, 0.4) is 0 Å². The average Bonchev–Trinajstić information content (AvgIpc) is 2.73. The molecular weight excluding hydrogens is 374 g/mol. The first-order chi connectivity index (χ1) is 13.6. The average molecular weight is 389 g/mol. The van der Waals surface area contributed by atoms with Gasteiger partial charge in [0, 0.05) is 17.3 Å². The highest BCUT2D eigenvalue weighted by Gasteiger charge is 2.48. The SMILES string of the molecule is C[N+]1=C2C=CC=NC2C(=O)N(c2ccc(C#Cc3ccccc3)cc2Cl)C1=O. The number of halogens is 1. The Hall–Kier alpha value is -3.49. The lowest BCUT2D eigenvalue weighted by Gasteiger charge is -2.24. The van der Waals surface area contributed by atoms with Crippen LogP contribution >= 0.6 is 11.6 Å². The van der Waals surface area contributed by atoms with Crippen LogP contribution < -0.4 is 4.90 Å². The zero-order chi connectivity index (χ0) is 19.7. The standard InChI is InChI=1S/C22H15ClN3O2/c1-25-19-8-5-13-24-20(19)21(27)26(22(25)28)18-12-11-16(14-17(18)23)10-9-15-6-3-2-4-7-15/h2-8,11-14,20H,1H3/q+1. The molecule has 0 aromatic heterocycles. The van der Waals surface area contributed by atoms with Crippen LogP contribution in [0.2, 0.25) is 5.02 Å². The summed E-state index contributed by atoms with van der Waals surface area (Å²) in [5, 5.41) is 0.272. The lowest BCUT2D eigenvalue weighted by atomic mass is 10.0. The summed E-state index contributed by atoms with van der Waals surface area (Å²) >= 11 is 6.41. The zero-order valence-electron chi connectivity index (χ0n) is 15.0. The molecule has 136 valence electrons. The molecular formula is C22H15ClN3O2+. The van der Waals surface area contributed by atoms with Gasteiger partial charge in [0.1, 0.15) is 5.71 Å². The number of urea groups is 1. The van der Waals surface area contributed by atoms with Crippen LogP contribution in [0.4, 0.5) is 10.5 Å². The minimum Gasteiger partial charge on any atom is -0.269 e. The second kappa shape index (κ2) is 7.26. The number of dihydropyridines is 1. The quantitative estimate of drug-likeness (QED) is 0.556. The van der Waals surface area contributed by atoms with Crippen LogP contribution in [0.25, 0.3) is 0 Å². The van der Waals surface area contributed by atoms with Crippen molar-refractivity contribution in [3.63, 3.8) is 0 Å². The molecule has 5 nitrogen and oxygen atoms in total. The van der Waals surface area contributed by atoms with Crippen LogP contribution in [0.5, 0.6) is 0 Å². The van der Waals surface area contributed by atoms with Crippen molar-refractivity contribution in [2.75, 3.05) is 11.9 Å². The molecule has 2 aromatic carbocycles. The van der Waals surface area contributed by atoms with Gasteiger partial charge in [-0.25, -0.2) is 4.79 Å². The van der Waals surface area contributed by atoms with Gasteiger partial charge in [0.15, 0.2) is 5.69 Å². The van der Waals surface area contributed by atoms with Gasteiger partial charge in [0.05, 0.1) is 12.1 Å². The molecule has 0 spiro atoms. The number of allylic oxidation sites excluding steroid dienone is 1. The molecule has 2 aliphatic heterocycles. The Bertz CT molecular complexity index is 1140. The monoisotopic (exact) mass is 388 g/mol. The molecule has 0 radical (unpaired) electrons. The van der Waals surface area contributed by atoms with E-state index in [2.05, 4.69) is 16.8 Å². The fourth-order valence-corrected chi connectivity index (χ4v) is 3.33. The van der Waals surface area contributed by atoms with Gasteiger partial charge in [0.2, 0.25) is 6.04 Å². The number of rotatable bonds is 1. The number of hydrogen-bond donors (Lipinski definition) is 0. The highest BCUT2D eigenvalue weighted by atomic mass is 35.5. The van der Waals surface area contributed by atoms with E-state index in [0.717, 1.165) is 10.5 Å². The van der Waals surface area contributed by atoms with E-state index in [0.29, 0.717) is 17.0 Å². The Morgan fingerprint density at radius 3 is 2.57 bits per heavy atom. The second-order valence-electron chi connectivity index (χ2n) is 6.28. The van der Waals surface area contributed by atoms with Gasteiger partial charge < -0.3 is 0 Å². The maximum absolute atomic E-state index is 12.9. The lowest BCUT2D eigenvalue weighted by Crippen LogP contribution is -2.56. The topological polar surface area (TPSA) is 52.8 Å². The maximum atomic E-state index is 12.9. The summed E-state index contributed by atoms with van der Waals surface area (Å²) in [7, 11) is 1.61. The number of carbonyl (C=O) groups is 2. The minimum absolute atomic E-state index is 0.272. The van der Waals surface area contributed by atoms with Crippen molar-refractivity contribution in [3.8, 4) is 11.8 Å². The third kappa shape index (κ3) is 3.15. The van der Waals surface area contributed by atoms with Crippen molar-refractivity contribution in [1.82, 2.24) is 0 Å². The Balaban J connectivity index is 1.69. The Morgan fingerprint density at radius 2 is 1.82 bits per heavy atom. The van der Waals surface area contributed by atoms with Crippen LogP contribution in [-0.2, 0) is 4.79 Å². The van der Waals surface area contributed by atoms with Crippen LogP contribution in [-0.4, -0.2) is 41.5 Å². The van der Waals surface area contributed by atoms with E-state index in [1.54, 1.807) is 43.6 Å². The molecule has 0 saturated carbocycles. The van der Waals surface area contributed by atoms with Crippen molar-refractivity contribution in [3.05, 3.63) is 76.8 Å². The molecule has 1 unspecified atom stereocenters. The van der Waals surface area contributed by atoms with Gasteiger partial charge in [0.25, 0.3) is 0 Å². The summed E-state index contributed by atoms with van der Waals surface area (Å²) in [6.45, 7) is 0. The van der Waals surface area contributed by atoms with E-state index >= 15 is 0 Å². The molecule has 2 heterocycles. The van der Waals surface area contributed by atoms with Gasteiger partial charge in [-0.2, -0.15) is 9.37 Å². The zero-order valence-corrected chi connectivity index (χ0v) is 15.7. The Morgan fingerprint density at radius 1 is 1.07 bits per heavy atom. The second-order valence-corrected chi connectivity index (χ2v) is 6.69. The summed E-state index contributed by atoms with van der Waals surface area (Å²) in [6, 6.07) is 13.4. The number of nitrogens with zero attached hydrogens (tertiary/aromatic N) is 3. The number of anilines is 1. The predicted octanol–water partition coefficient (Wildman–Crippen LogP) is 3.30. The van der Waals surface area contributed by atoms with Crippen molar-refractivity contribution >= 4 is 41.2 Å². The van der Waals surface area contributed by atoms with E-state index in [4.69, 9.17) is 11.6 Å². The first kappa shape index (κ1) is 17.9. The van der Waals surface area contributed by atoms with Crippen LogP contribution in [0, 0.1) is 11.8 Å². The number of benzene rings is 2. The largest absolute Gasteiger partial charge is 0.506 e. The number of amides is 3. The number of hydrogen-bond acceptors (Lipinski definition) is 3. The van der Waals surface area contributed by atoms with E-state index in [-0.39, 0.29) is 5.02 Å². The first-order valence-electron chi connectivity index (χ1n) is 8.61. The molecule has 3 amide bonds. The number of aliphatic imine (C=N–C) groups is 1. The molecule has 2 aliphatic rings. The van der Waals surface area contributed by atoms with Crippen LogP contribution in [0.1, 0.15) is 11.1 Å². The van der Waals surface area contributed by atoms with Crippen molar-refractivity contribution in [2.24, 2.45) is 4.99 Å². The smallest absolute Gasteiger partial charge is 0.269 e. The van der Waals surface area contributed by atoms with Gasteiger partial charge >= 0.3 is 11.9 Å². The molecule has 0 saturated heterocycles. The normalized spacial score (nSPS) is 18.1. The predicted molar refractivity (Wildman–Crippen MR) is 109 cm³/mol. The van der Waals surface area contributed by atoms with Gasteiger partial charge in [-0.15, -0.1) is 4.90 Å². The van der Waals surface area contributed by atoms with Gasteiger partial charge in [-0.1, -0.05) is 41.6 Å². The van der Waals surface area contributed by atoms with E-state index in [9.17, 15) is 9.59 Å². The molecule has 0 bridgehead atoms. The lowest BCUT2D eigenvalue weighted by molar-refractivity contribution is -0.393. The summed E-state index contributed by atoms with van der Waals surface area (Å²) in [5.74, 6) is 5.67. The molecule has 4 rings (SSSR count). The number of carbonyl (C=O) groups excluding carboxylic acids is 2. The fourth-order valence-electron chi connectivity index (χ4n) is 3.06.